The van der Waals surface area contributed by atoms with Gasteiger partial charge in [0.1, 0.15) is 12.4 Å². The molecule has 20 heavy (non-hydrogen) atoms. The fourth-order valence-electron chi connectivity index (χ4n) is 1.30. The molecule has 0 amide bonds. The predicted molar refractivity (Wildman–Crippen MR) is 78.2 cm³/mol. The molecular weight excluding hydrogens is 303 g/mol. The molecule has 0 aliphatic heterocycles. The Labute approximate surface area is 128 Å². The summed E-state index contributed by atoms with van der Waals surface area (Å²) in [5, 5.41) is 0. The lowest BCUT2D eigenvalue weighted by atomic mass is 10.3. The molecule has 1 aromatic carbocycles. The lowest BCUT2D eigenvalue weighted by Crippen LogP contribution is -2.35. The van der Waals surface area contributed by atoms with Crippen molar-refractivity contribution >= 4 is 29.2 Å². The number of para-hydroxylation sites is 1. The van der Waals surface area contributed by atoms with Crippen molar-refractivity contribution in [2.24, 2.45) is 0 Å². The molecule has 0 aromatic heterocycles. The van der Waals surface area contributed by atoms with Gasteiger partial charge >= 0.3 is 10.5 Å². The smallest absolute Gasteiger partial charge is 0.384 e. The summed E-state index contributed by atoms with van der Waals surface area (Å²) in [4.78, 5) is 11.7. The summed E-state index contributed by atoms with van der Waals surface area (Å²) < 4.78 is 13.3. The van der Waals surface area contributed by atoms with E-state index in [1.54, 1.807) is 24.3 Å². The SMILES string of the molecule is CCCCOCCOC(=O)C(Cl)(Cl)Oc1ccccc1. The Morgan fingerprint density at radius 3 is 2.50 bits per heavy atom. The van der Waals surface area contributed by atoms with Gasteiger partial charge in [0.15, 0.2) is 0 Å². The van der Waals surface area contributed by atoms with Crippen molar-refractivity contribution < 1.29 is 19.0 Å². The highest BCUT2D eigenvalue weighted by molar-refractivity contribution is 6.56. The number of benzene rings is 1. The molecule has 4 nitrogen and oxygen atoms in total. The van der Waals surface area contributed by atoms with Crippen LogP contribution in [0.2, 0.25) is 0 Å². The zero-order chi connectivity index (χ0) is 14.8. The van der Waals surface area contributed by atoms with Gasteiger partial charge in [-0.25, -0.2) is 4.79 Å². The van der Waals surface area contributed by atoms with E-state index >= 15 is 0 Å². The van der Waals surface area contributed by atoms with Crippen molar-refractivity contribution in [3.63, 3.8) is 0 Å². The second-order valence-electron chi connectivity index (χ2n) is 4.03. The first-order chi connectivity index (χ1) is 9.56. The Hall–Kier alpha value is -0.970. The second kappa shape index (κ2) is 9.06. The summed E-state index contributed by atoms with van der Waals surface area (Å²) in [6.45, 7) is 3.10. The molecule has 6 heteroatoms. The maximum atomic E-state index is 11.7. The van der Waals surface area contributed by atoms with E-state index in [2.05, 4.69) is 6.92 Å². The molecule has 0 fully saturated rings. The van der Waals surface area contributed by atoms with Gasteiger partial charge in [-0.3, -0.25) is 0 Å². The summed E-state index contributed by atoms with van der Waals surface area (Å²) in [5.41, 5.74) is 0. The van der Waals surface area contributed by atoms with Crippen LogP contribution in [0.25, 0.3) is 0 Å². The molecule has 0 unspecified atom stereocenters. The second-order valence-corrected chi connectivity index (χ2v) is 5.29. The molecule has 0 aliphatic carbocycles. The average molecular weight is 321 g/mol. The highest BCUT2D eigenvalue weighted by Gasteiger charge is 2.38. The summed E-state index contributed by atoms with van der Waals surface area (Å²) in [6, 6.07) is 8.57. The Bertz CT molecular complexity index is 395. The molecule has 1 aromatic rings. The van der Waals surface area contributed by atoms with Gasteiger partial charge in [-0.1, -0.05) is 31.5 Å². The molecule has 0 radical (unpaired) electrons. The summed E-state index contributed by atoms with van der Waals surface area (Å²) in [6.07, 6.45) is 2.02. The van der Waals surface area contributed by atoms with E-state index in [4.69, 9.17) is 37.4 Å². The minimum atomic E-state index is -2.06. The standard InChI is InChI=1S/C14H18Cl2O4/c1-2-3-9-18-10-11-19-13(17)14(15,16)20-12-7-5-4-6-8-12/h4-8H,2-3,9-11H2,1H3. The number of hydrogen-bond acceptors (Lipinski definition) is 4. The molecule has 0 N–H and O–H groups in total. The molecule has 0 atom stereocenters. The Kier molecular flexibility index (Phi) is 7.73. The first-order valence-electron chi connectivity index (χ1n) is 6.43. The molecule has 0 saturated heterocycles. The fourth-order valence-corrected chi connectivity index (χ4v) is 1.59. The van der Waals surface area contributed by atoms with Crippen LogP contribution >= 0.6 is 23.2 Å². The summed E-state index contributed by atoms with van der Waals surface area (Å²) >= 11 is 11.6. The van der Waals surface area contributed by atoms with Crippen molar-refractivity contribution in [1.82, 2.24) is 0 Å². The van der Waals surface area contributed by atoms with Gasteiger partial charge in [0.25, 0.3) is 0 Å². The zero-order valence-electron chi connectivity index (χ0n) is 11.3. The number of halogens is 2. The van der Waals surface area contributed by atoms with Gasteiger partial charge in [0, 0.05) is 6.61 Å². The van der Waals surface area contributed by atoms with Crippen LogP contribution < -0.4 is 4.74 Å². The van der Waals surface area contributed by atoms with Crippen LogP contribution in [0.1, 0.15) is 19.8 Å². The van der Waals surface area contributed by atoms with E-state index in [-0.39, 0.29) is 6.61 Å². The average Bonchev–Trinajstić information content (AvgIpc) is 2.43. The van der Waals surface area contributed by atoms with Gasteiger partial charge in [0.2, 0.25) is 0 Å². The number of unbranched alkanes of at least 4 members (excludes halogenated alkanes) is 1. The van der Waals surface area contributed by atoms with Crippen LogP contribution in [-0.2, 0) is 14.3 Å². The Morgan fingerprint density at radius 2 is 1.85 bits per heavy atom. The minimum absolute atomic E-state index is 0.0852. The quantitative estimate of drug-likeness (QED) is 0.396. The van der Waals surface area contributed by atoms with Crippen LogP contribution in [0, 0.1) is 0 Å². The van der Waals surface area contributed by atoms with Gasteiger partial charge in [-0.2, -0.15) is 0 Å². The number of ether oxygens (including phenoxy) is 3. The molecule has 112 valence electrons. The van der Waals surface area contributed by atoms with E-state index in [9.17, 15) is 4.79 Å². The lowest BCUT2D eigenvalue weighted by molar-refractivity contribution is -0.151. The first-order valence-corrected chi connectivity index (χ1v) is 7.18. The number of esters is 1. The van der Waals surface area contributed by atoms with Crippen molar-refractivity contribution in [1.29, 1.82) is 0 Å². The van der Waals surface area contributed by atoms with Gasteiger partial charge in [-0.05, 0) is 41.8 Å². The molecule has 1 rings (SSSR count). The third-order valence-corrected chi connectivity index (χ3v) is 2.79. The summed E-state index contributed by atoms with van der Waals surface area (Å²) in [5.74, 6) is -0.475. The third kappa shape index (κ3) is 6.46. The van der Waals surface area contributed by atoms with Crippen molar-refractivity contribution in [3.8, 4) is 5.75 Å². The van der Waals surface area contributed by atoms with E-state index in [1.165, 1.54) is 0 Å². The van der Waals surface area contributed by atoms with Gasteiger partial charge in [0.05, 0.1) is 6.61 Å². The van der Waals surface area contributed by atoms with Crippen molar-refractivity contribution in [3.05, 3.63) is 30.3 Å². The van der Waals surface area contributed by atoms with E-state index in [1.807, 2.05) is 6.07 Å². The largest absolute Gasteiger partial charge is 0.458 e. The maximum absolute atomic E-state index is 11.7. The number of hydrogen-bond donors (Lipinski definition) is 0. The highest BCUT2D eigenvalue weighted by atomic mass is 35.5. The monoisotopic (exact) mass is 320 g/mol. The normalized spacial score (nSPS) is 11.2. The number of carbonyl (C=O) groups excluding carboxylic acids is 1. The molecule has 0 saturated carbocycles. The summed E-state index contributed by atoms with van der Waals surface area (Å²) in [7, 11) is 0. The van der Waals surface area contributed by atoms with E-state index in [0.717, 1.165) is 12.8 Å². The Balaban J connectivity index is 2.30. The van der Waals surface area contributed by atoms with E-state index in [0.29, 0.717) is 19.0 Å². The molecular formula is C14H18Cl2O4. The molecule has 0 bridgehead atoms. The van der Waals surface area contributed by atoms with Crippen LogP contribution in [0.4, 0.5) is 0 Å². The predicted octanol–water partition coefficient (Wildman–Crippen LogP) is 3.56. The van der Waals surface area contributed by atoms with Gasteiger partial charge in [-0.15, -0.1) is 0 Å². The van der Waals surface area contributed by atoms with Crippen LogP contribution in [0.15, 0.2) is 30.3 Å². The molecule has 0 spiro atoms. The van der Waals surface area contributed by atoms with Crippen molar-refractivity contribution in [2.75, 3.05) is 19.8 Å². The molecule has 0 aliphatic rings. The topological polar surface area (TPSA) is 44.8 Å². The maximum Gasteiger partial charge on any atom is 0.384 e. The number of rotatable bonds is 9. The minimum Gasteiger partial charge on any atom is -0.458 e. The van der Waals surface area contributed by atoms with Gasteiger partial charge < -0.3 is 14.2 Å². The first kappa shape index (κ1) is 17.1. The van der Waals surface area contributed by atoms with Crippen molar-refractivity contribution in [2.45, 2.75) is 24.3 Å². The molecule has 0 heterocycles. The number of alkyl halides is 2. The van der Waals surface area contributed by atoms with Crippen LogP contribution in [0.3, 0.4) is 0 Å². The zero-order valence-corrected chi connectivity index (χ0v) is 12.8. The lowest BCUT2D eigenvalue weighted by Gasteiger charge is -2.19. The fraction of sp³-hybridized carbons (Fsp3) is 0.500. The third-order valence-electron chi connectivity index (χ3n) is 2.33. The number of carbonyl (C=O) groups is 1. The Morgan fingerprint density at radius 1 is 1.15 bits per heavy atom. The highest BCUT2D eigenvalue weighted by Crippen LogP contribution is 2.27. The van der Waals surface area contributed by atoms with E-state index < -0.39 is 10.5 Å². The van der Waals surface area contributed by atoms with Crippen LogP contribution in [-0.4, -0.2) is 30.3 Å². The van der Waals surface area contributed by atoms with Crippen LogP contribution in [0.5, 0.6) is 5.75 Å².